The molecule has 0 bridgehead atoms. The van der Waals surface area contributed by atoms with E-state index in [1.807, 2.05) is 26.8 Å². The van der Waals surface area contributed by atoms with E-state index in [1.165, 1.54) is 0 Å². The van der Waals surface area contributed by atoms with Crippen LogP contribution in [0.25, 0.3) is 0 Å². The van der Waals surface area contributed by atoms with Gasteiger partial charge >= 0.3 is 6.09 Å². The van der Waals surface area contributed by atoms with E-state index >= 15 is 0 Å². The van der Waals surface area contributed by atoms with Crippen molar-refractivity contribution in [1.29, 1.82) is 0 Å². The number of nitrogens with zero attached hydrogens (tertiary/aromatic N) is 1. The lowest BCUT2D eigenvalue weighted by molar-refractivity contribution is 0.0274. The van der Waals surface area contributed by atoms with E-state index in [2.05, 4.69) is 0 Å². The first-order valence-electron chi connectivity index (χ1n) is 6.72. The Hall–Kier alpha value is -1.53. The Bertz CT molecular complexity index is 439. The van der Waals surface area contributed by atoms with E-state index in [4.69, 9.17) is 19.9 Å². The summed E-state index contributed by atoms with van der Waals surface area (Å²) in [6.45, 7) is 7.12. The second-order valence-electron chi connectivity index (χ2n) is 6.14. The van der Waals surface area contributed by atoms with Gasteiger partial charge in [-0.2, -0.15) is 0 Å². The molecule has 1 aromatic heterocycles. The van der Waals surface area contributed by atoms with Crippen molar-refractivity contribution in [3.63, 3.8) is 0 Å². The van der Waals surface area contributed by atoms with Gasteiger partial charge in [0.05, 0.1) is 19.1 Å². The van der Waals surface area contributed by atoms with E-state index in [9.17, 15) is 4.79 Å². The van der Waals surface area contributed by atoms with Gasteiger partial charge in [-0.1, -0.05) is 0 Å². The van der Waals surface area contributed by atoms with Crippen molar-refractivity contribution in [2.75, 3.05) is 19.7 Å². The van der Waals surface area contributed by atoms with Gasteiger partial charge in [-0.05, 0) is 32.4 Å². The van der Waals surface area contributed by atoms with Crippen LogP contribution in [0.3, 0.4) is 0 Å². The molecule has 2 rings (SSSR count). The minimum Gasteiger partial charge on any atom is -0.472 e. The van der Waals surface area contributed by atoms with Gasteiger partial charge in [-0.15, -0.1) is 0 Å². The van der Waals surface area contributed by atoms with E-state index < -0.39 is 5.60 Å². The molecule has 2 unspecified atom stereocenters. The molecule has 0 saturated carbocycles. The van der Waals surface area contributed by atoms with Crippen LogP contribution in [-0.2, 0) is 9.57 Å². The van der Waals surface area contributed by atoms with Crippen LogP contribution in [0.5, 0.6) is 0 Å². The molecule has 0 spiro atoms. The summed E-state index contributed by atoms with van der Waals surface area (Å²) in [5.74, 6) is 5.49. The SMILES string of the molecule is CC(C)(C)OC(=O)N1CC(CON)C(c2ccoc2)C1. The molecule has 6 nitrogen and oxygen atoms in total. The molecule has 1 aromatic rings. The van der Waals surface area contributed by atoms with Gasteiger partial charge in [-0.3, -0.25) is 0 Å². The van der Waals surface area contributed by atoms with E-state index in [-0.39, 0.29) is 17.9 Å². The number of hydrogen-bond acceptors (Lipinski definition) is 5. The number of carbonyl (C=O) groups excluding carboxylic acids is 1. The molecular formula is C14H22N2O4. The Balaban J connectivity index is 2.06. The van der Waals surface area contributed by atoms with Crippen molar-refractivity contribution < 1.29 is 18.8 Å². The van der Waals surface area contributed by atoms with Gasteiger partial charge in [0.1, 0.15) is 5.60 Å². The summed E-state index contributed by atoms with van der Waals surface area (Å²) in [4.78, 5) is 18.6. The predicted octanol–water partition coefficient (Wildman–Crippen LogP) is 2.12. The smallest absolute Gasteiger partial charge is 0.410 e. The highest BCUT2D eigenvalue weighted by atomic mass is 16.6. The van der Waals surface area contributed by atoms with Crippen LogP contribution < -0.4 is 5.90 Å². The summed E-state index contributed by atoms with van der Waals surface area (Å²) in [7, 11) is 0. The van der Waals surface area contributed by atoms with Gasteiger partial charge in [0.15, 0.2) is 0 Å². The highest BCUT2D eigenvalue weighted by Crippen LogP contribution is 2.33. The fourth-order valence-electron chi connectivity index (χ4n) is 2.50. The second-order valence-corrected chi connectivity index (χ2v) is 6.14. The second kappa shape index (κ2) is 5.85. The molecule has 20 heavy (non-hydrogen) atoms. The molecule has 2 atom stereocenters. The van der Waals surface area contributed by atoms with Gasteiger partial charge in [0.2, 0.25) is 0 Å². The maximum atomic E-state index is 12.1. The number of amides is 1. The lowest BCUT2D eigenvalue weighted by Crippen LogP contribution is -2.35. The van der Waals surface area contributed by atoms with Crippen LogP contribution in [0.2, 0.25) is 0 Å². The van der Waals surface area contributed by atoms with Crippen LogP contribution in [0.4, 0.5) is 4.79 Å². The topological polar surface area (TPSA) is 77.9 Å². The Morgan fingerprint density at radius 3 is 2.80 bits per heavy atom. The van der Waals surface area contributed by atoms with Crippen LogP contribution in [0, 0.1) is 5.92 Å². The average Bonchev–Trinajstić information content (AvgIpc) is 2.94. The van der Waals surface area contributed by atoms with Crippen molar-refractivity contribution in [3.05, 3.63) is 24.2 Å². The number of ether oxygens (including phenoxy) is 1. The highest BCUT2D eigenvalue weighted by Gasteiger charge is 2.38. The number of carbonyl (C=O) groups is 1. The number of furan rings is 1. The standard InChI is InChI=1S/C14H22N2O4/c1-14(2,3)20-13(17)16-6-11(9-19-15)12(7-16)10-4-5-18-8-10/h4-5,8,11-12H,6-7,9,15H2,1-3H3. The van der Waals surface area contributed by atoms with Gasteiger partial charge in [0, 0.05) is 24.9 Å². The molecule has 1 aliphatic rings. The van der Waals surface area contributed by atoms with Crippen molar-refractivity contribution in [1.82, 2.24) is 4.90 Å². The van der Waals surface area contributed by atoms with E-state index in [1.54, 1.807) is 17.4 Å². The molecule has 6 heteroatoms. The van der Waals surface area contributed by atoms with Crippen molar-refractivity contribution in [2.24, 2.45) is 11.8 Å². The lowest BCUT2D eigenvalue weighted by Gasteiger charge is -2.24. The third kappa shape index (κ3) is 3.52. The minimum absolute atomic E-state index is 0.144. The van der Waals surface area contributed by atoms with Crippen LogP contribution >= 0.6 is 0 Å². The molecule has 0 aromatic carbocycles. The van der Waals surface area contributed by atoms with Crippen molar-refractivity contribution >= 4 is 6.09 Å². The first kappa shape index (κ1) is 14.9. The van der Waals surface area contributed by atoms with Crippen LogP contribution in [0.15, 0.2) is 23.0 Å². The maximum Gasteiger partial charge on any atom is 0.410 e. The fraction of sp³-hybridized carbons (Fsp3) is 0.643. The Kier molecular flexibility index (Phi) is 4.35. The quantitative estimate of drug-likeness (QED) is 0.859. The Morgan fingerprint density at radius 2 is 2.25 bits per heavy atom. The van der Waals surface area contributed by atoms with E-state index in [0.29, 0.717) is 19.7 Å². The normalized spacial score (nSPS) is 23.1. The first-order valence-corrected chi connectivity index (χ1v) is 6.72. The third-order valence-corrected chi connectivity index (χ3v) is 3.37. The largest absolute Gasteiger partial charge is 0.472 e. The number of nitrogens with two attached hydrogens (primary N) is 1. The average molecular weight is 282 g/mol. The molecule has 0 aliphatic carbocycles. The summed E-state index contributed by atoms with van der Waals surface area (Å²) in [5.41, 5.74) is 0.558. The highest BCUT2D eigenvalue weighted by molar-refractivity contribution is 5.68. The first-order chi connectivity index (χ1) is 9.40. The molecule has 1 fully saturated rings. The summed E-state index contributed by atoms with van der Waals surface area (Å²) in [5, 5.41) is 0. The van der Waals surface area contributed by atoms with Gasteiger partial charge in [-0.25, -0.2) is 10.7 Å². The Labute approximate surface area is 118 Å². The van der Waals surface area contributed by atoms with Crippen LogP contribution in [0.1, 0.15) is 32.3 Å². The van der Waals surface area contributed by atoms with Gasteiger partial charge < -0.3 is 18.9 Å². The number of hydrogen-bond donors (Lipinski definition) is 1. The molecule has 2 heterocycles. The molecule has 1 aliphatic heterocycles. The lowest BCUT2D eigenvalue weighted by atomic mass is 9.91. The molecule has 1 amide bonds. The zero-order chi connectivity index (χ0) is 14.8. The van der Waals surface area contributed by atoms with Gasteiger partial charge in [0.25, 0.3) is 0 Å². The molecule has 2 N–H and O–H groups in total. The predicted molar refractivity (Wildman–Crippen MR) is 72.9 cm³/mol. The zero-order valence-corrected chi connectivity index (χ0v) is 12.2. The third-order valence-electron chi connectivity index (χ3n) is 3.37. The summed E-state index contributed by atoms with van der Waals surface area (Å²) in [6.07, 6.45) is 3.03. The summed E-state index contributed by atoms with van der Waals surface area (Å²) >= 11 is 0. The molecule has 0 radical (unpaired) electrons. The summed E-state index contributed by atoms with van der Waals surface area (Å²) in [6, 6.07) is 1.91. The van der Waals surface area contributed by atoms with Crippen molar-refractivity contribution in [3.8, 4) is 0 Å². The molecule has 112 valence electrons. The minimum atomic E-state index is -0.495. The monoisotopic (exact) mass is 282 g/mol. The summed E-state index contributed by atoms with van der Waals surface area (Å²) < 4.78 is 10.5. The van der Waals surface area contributed by atoms with Crippen molar-refractivity contribution in [2.45, 2.75) is 32.3 Å². The van der Waals surface area contributed by atoms with Crippen LogP contribution in [-0.4, -0.2) is 36.3 Å². The van der Waals surface area contributed by atoms with E-state index in [0.717, 1.165) is 5.56 Å². The Morgan fingerprint density at radius 1 is 1.50 bits per heavy atom. The molecular weight excluding hydrogens is 260 g/mol. The fourth-order valence-corrected chi connectivity index (χ4v) is 2.50. The maximum absolute atomic E-state index is 12.1. The molecule has 1 saturated heterocycles. The number of rotatable bonds is 3. The zero-order valence-electron chi connectivity index (χ0n) is 12.2. The number of likely N-dealkylation sites (tertiary alicyclic amines) is 1.